The maximum Gasteiger partial charge on any atom is 0.343 e. The van der Waals surface area contributed by atoms with E-state index in [9.17, 15) is 24.5 Å². The average Bonchev–Trinajstić information content (AvgIpc) is 2.90. The van der Waals surface area contributed by atoms with Crippen LogP contribution in [-0.4, -0.2) is 22.7 Å². The maximum absolute atomic E-state index is 12.6. The van der Waals surface area contributed by atoms with E-state index in [1.165, 1.54) is 36.4 Å². The Morgan fingerprint density at radius 2 is 1.50 bits per heavy atom. The van der Waals surface area contributed by atoms with Crippen molar-refractivity contribution in [3.63, 3.8) is 0 Å². The van der Waals surface area contributed by atoms with Crippen LogP contribution < -0.4 is 15.6 Å². The fourth-order valence-corrected chi connectivity index (χ4v) is 3.41. The standard InChI is InChI=1S/C27H19N3O6/c31-25(28-29-26(32)23-10-5-8-18-6-1-3-9-22(18)23)17-14-19-7-2-4-11-24(19)36-27(33)20-12-15-21(16-13-20)30(34)35/h1-17H,(H,28,31)(H,29,32)/b17-14+. The van der Waals surface area contributed by atoms with Gasteiger partial charge in [0.2, 0.25) is 0 Å². The summed E-state index contributed by atoms with van der Waals surface area (Å²) in [7, 11) is 0. The van der Waals surface area contributed by atoms with E-state index in [1.807, 2.05) is 30.3 Å². The molecule has 0 fully saturated rings. The molecule has 2 amide bonds. The Morgan fingerprint density at radius 3 is 2.28 bits per heavy atom. The second-order valence-corrected chi connectivity index (χ2v) is 7.53. The Bertz CT molecular complexity index is 1490. The third kappa shape index (κ3) is 5.60. The van der Waals surface area contributed by atoms with Gasteiger partial charge in [-0.05, 0) is 41.1 Å². The summed E-state index contributed by atoms with van der Waals surface area (Å²) < 4.78 is 5.40. The molecule has 0 saturated heterocycles. The lowest BCUT2D eigenvalue weighted by Crippen LogP contribution is -2.40. The zero-order valence-electron chi connectivity index (χ0n) is 18.7. The molecule has 0 atom stereocenters. The van der Waals surface area contributed by atoms with E-state index in [2.05, 4.69) is 10.9 Å². The zero-order chi connectivity index (χ0) is 25.5. The van der Waals surface area contributed by atoms with E-state index in [-0.39, 0.29) is 17.0 Å². The van der Waals surface area contributed by atoms with Gasteiger partial charge in [0.15, 0.2) is 0 Å². The first kappa shape index (κ1) is 23.8. The highest BCUT2D eigenvalue weighted by molar-refractivity contribution is 6.07. The van der Waals surface area contributed by atoms with Crippen LogP contribution in [0.4, 0.5) is 5.69 Å². The number of ether oxygens (including phenoxy) is 1. The summed E-state index contributed by atoms with van der Waals surface area (Å²) in [5, 5.41) is 12.4. The summed E-state index contributed by atoms with van der Waals surface area (Å²) in [4.78, 5) is 47.5. The van der Waals surface area contributed by atoms with Crippen molar-refractivity contribution in [1.29, 1.82) is 0 Å². The molecular weight excluding hydrogens is 462 g/mol. The number of esters is 1. The van der Waals surface area contributed by atoms with E-state index < -0.39 is 22.7 Å². The normalized spacial score (nSPS) is 10.7. The molecule has 0 heterocycles. The third-order valence-electron chi connectivity index (χ3n) is 5.18. The number of carbonyl (C=O) groups is 3. The number of rotatable bonds is 6. The number of hydrazine groups is 1. The summed E-state index contributed by atoms with van der Waals surface area (Å²) in [6, 6.07) is 24.3. The Morgan fingerprint density at radius 1 is 0.806 bits per heavy atom. The second-order valence-electron chi connectivity index (χ2n) is 7.53. The topological polar surface area (TPSA) is 128 Å². The molecule has 0 aromatic heterocycles. The molecular formula is C27H19N3O6. The van der Waals surface area contributed by atoms with Crippen molar-refractivity contribution in [3.05, 3.63) is 124 Å². The Kier molecular flexibility index (Phi) is 7.11. The molecule has 4 aromatic carbocycles. The molecule has 0 unspecified atom stereocenters. The van der Waals surface area contributed by atoms with Gasteiger partial charge in [-0.15, -0.1) is 0 Å². The van der Waals surface area contributed by atoms with E-state index >= 15 is 0 Å². The molecule has 9 nitrogen and oxygen atoms in total. The van der Waals surface area contributed by atoms with Crippen molar-refractivity contribution < 1.29 is 24.0 Å². The molecule has 4 rings (SSSR count). The monoisotopic (exact) mass is 481 g/mol. The second kappa shape index (κ2) is 10.7. The number of nitro groups is 1. The first-order valence-electron chi connectivity index (χ1n) is 10.7. The molecule has 0 radical (unpaired) electrons. The van der Waals surface area contributed by atoms with Gasteiger partial charge in [-0.2, -0.15) is 0 Å². The van der Waals surface area contributed by atoms with Crippen LogP contribution in [0.2, 0.25) is 0 Å². The van der Waals surface area contributed by atoms with Crippen molar-refractivity contribution >= 4 is 40.3 Å². The first-order valence-corrected chi connectivity index (χ1v) is 10.7. The van der Waals surface area contributed by atoms with Crippen LogP contribution in [0.25, 0.3) is 16.8 Å². The van der Waals surface area contributed by atoms with Crippen LogP contribution in [-0.2, 0) is 4.79 Å². The van der Waals surface area contributed by atoms with E-state index in [0.717, 1.165) is 10.8 Å². The van der Waals surface area contributed by atoms with Crippen LogP contribution in [0.15, 0.2) is 97.1 Å². The van der Waals surface area contributed by atoms with Gasteiger partial charge in [0.05, 0.1) is 10.5 Å². The molecule has 0 aliphatic rings. The van der Waals surface area contributed by atoms with E-state index in [1.54, 1.807) is 36.4 Å². The fourth-order valence-electron chi connectivity index (χ4n) is 3.41. The molecule has 0 aliphatic carbocycles. The lowest BCUT2D eigenvalue weighted by Gasteiger charge is -2.09. The molecule has 2 N–H and O–H groups in total. The van der Waals surface area contributed by atoms with Crippen molar-refractivity contribution in [2.75, 3.05) is 0 Å². The smallest absolute Gasteiger partial charge is 0.343 e. The number of hydrogen-bond donors (Lipinski definition) is 2. The van der Waals surface area contributed by atoms with Gasteiger partial charge in [0.25, 0.3) is 17.5 Å². The largest absolute Gasteiger partial charge is 0.422 e. The molecule has 0 saturated carbocycles. The number of nitrogens with zero attached hydrogens (tertiary/aromatic N) is 1. The van der Waals surface area contributed by atoms with Crippen molar-refractivity contribution in [2.45, 2.75) is 0 Å². The number of nitrogens with one attached hydrogen (secondary N) is 2. The summed E-state index contributed by atoms with van der Waals surface area (Å²) in [6.07, 6.45) is 2.61. The minimum absolute atomic E-state index is 0.133. The minimum atomic E-state index is -0.711. The van der Waals surface area contributed by atoms with Gasteiger partial charge in [-0.25, -0.2) is 4.79 Å². The minimum Gasteiger partial charge on any atom is -0.422 e. The Hall–Kier alpha value is -5.31. The van der Waals surface area contributed by atoms with Crippen molar-refractivity contribution in [2.24, 2.45) is 0 Å². The van der Waals surface area contributed by atoms with Gasteiger partial charge in [0, 0.05) is 29.3 Å². The van der Waals surface area contributed by atoms with Crippen LogP contribution >= 0.6 is 0 Å². The van der Waals surface area contributed by atoms with Crippen LogP contribution in [0.5, 0.6) is 5.75 Å². The fraction of sp³-hybridized carbons (Fsp3) is 0. The third-order valence-corrected chi connectivity index (χ3v) is 5.18. The number of carbonyl (C=O) groups excluding carboxylic acids is 3. The van der Waals surface area contributed by atoms with Gasteiger partial charge >= 0.3 is 5.97 Å². The highest BCUT2D eigenvalue weighted by Gasteiger charge is 2.13. The van der Waals surface area contributed by atoms with Gasteiger partial charge < -0.3 is 4.74 Å². The lowest BCUT2D eigenvalue weighted by atomic mass is 10.0. The SMILES string of the molecule is O=C(/C=C/c1ccccc1OC(=O)c1ccc([N+](=O)[O-])cc1)NNC(=O)c1cccc2ccccc12. The zero-order valence-corrected chi connectivity index (χ0v) is 18.7. The number of hydrogen-bond acceptors (Lipinski definition) is 6. The maximum atomic E-state index is 12.6. The summed E-state index contributed by atoms with van der Waals surface area (Å²) >= 11 is 0. The average molecular weight is 481 g/mol. The number of nitro benzene ring substituents is 1. The highest BCUT2D eigenvalue weighted by atomic mass is 16.6. The number of fused-ring (bicyclic) bond motifs is 1. The lowest BCUT2D eigenvalue weighted by molar-refractivity contribution is -0.384. The quantitative estimate of drug-likeness (QED) is 0.138. The molecule has 9 heteroatoms. The van der Waals surface area contributed by atoms with Crippen LogP contribution in [0.3, 0.4) is 0 Å². The van der Waals surface area contributed by atoms with Gasteiger partial charge in [-0.1, -0.05) is 54.6 Å². The molecule has 4 aromatic rings. The number of amides is 2. The van der Waals surface area contributed by atoms with Crippen LogP contribution in [0.1, 0.15) is 26.3 Å². The van der Waals surface area contributed by atoms with Gasteiger partial charge in [0.1, 0.15) is 5.75 Å². The summed E-state index contributed by atoms with van der Waals surface area (Å²) in [5.74, 6) is -1.59. The molecule has 36 heavy (non-hydrogen) atoms. The Balaban J connectivity index is 1.39. The predicted molar refractivity (Wildman–Crippen MR) is 133 cm³/mol. The molecule has 0 bridgehead atoms. The molecule has 0 aliphatic heterocycles. The number of benzene rings is 4. The van der Waals surface area contributed by atoms with E-state index in [4.69, 9.17) is 4.74 Å². The van der Waals surface area contributed by atoms with E-state index in [0.29, 0.717) is 11.1 Å². The van der Waals surface area contributed by atoms with Crippen molar-refractivity contribution in [3.8, 4) is 5.75 Å². The molecule has 0 spiro atoms. The number of para-hydroxylation sites is 1. The number of non-ortho nitro benzene ring substituents is 1. The summed E-state index contributed by atoms with van der Waals surface area (Å²) in [6.45, 7) is 0. The predicted octanol–water partition coefficient (Wildman–Crippen LogP) is 4.44. The first-order chi connectivity index (χ1) is 17.4. The van der Waals surface area contributed by atoms with Crippen molar-refractivity contribution in [1.82, 2.24) is 10.9 Å². The Labute approximate surface area is 205 Å². The summed E-state index contributed by atoms with van der Waals surface area (Å²) in [5.41, 5.74) is 5.55. The molecule has 178 valence electrons. The van der Waals surface area contributed by atoms with Crippen LogP contribution in [0, 0.1) is 10.1 Å². The highest BCUT2D eigenvalue weighted by Crippen LogP contribution is 2.22. The van der Waals surface area contributed by atoms with Gasteiger partial charge in [-0.3, -0.25) is 30.6 Å².